The van der Waals surface area contributed by atoms with Crippen molar-refractivity contribution in [3.8, 4) is 0 Å². The number of fused-ring (bicyclic) bond motifs is 2. The van der Waals surface area contributed by atoms with Crippen LogP contribution >= 0.6 is 11.6 Å². The van der Waals surface area contributed by atoms with Gasteiger partial charge in [-0.15, -0.1) is 5.10 Å². The number of carbonyl (C=O) groups is 1. The number of methoxy groups -OCH3 is 1. The fraction of sp³-hybridized carbons (Fsp3) is 0.333. The number of imidazole rings is 1. The van der Waals surface area contributed by atoms with E-state index in [-0.39, 0.29) is 17.0 Å². The Morgan fingerprint density at radius 2 is 2.22 bits per heavy atom. The van der Waals surface area contributed by atoms with E-state index in [9.17, 15) is 9.18 Å². The monoisotopic (exact) mass is 509 g/mol. The molecule has 0 spiro atoms. The Hall–Kier alpha value is -3.70. The van der Waals surface area contributed by atoms with Crippen LogP contribution in [-0.4, -0.2) is 43.5 Å². The van der Waals surface area contributed by atoms with Crippen molar-refractivity contribution in [3.05, 3.63) is 82.1 Å². The third kappa shape index (κ3) is 4.24. The zero-order valence-corrected chi connectivity index (χ0v) is 20.2. The van der Waals surface area contributed by atoms with E-state index in [0.717, 1.165) is 24.1 Å². The zero-order valence-electron chi connectivity index (χ0n) is 19.4. The van der Waals surface area contributed by atoms with Crippen LogP contribution in [0.5, 0.6) is 0 Å². The fourth-order valence-electron chi connectivity index (χ4n) is 4.47. The molecule has 4 aromatic rings. The highest BCUT2D eigenvalue weighted by molar-refractivity contribution is 6.31. The Labute approximate surface area is 209 Å². The van der Waals surface area contributed by atoms with Crippen LogP contribution in [0, 0.1) is 12.0 Å². The van der Waals surface area contributed by atoms with Crippen LogP contribution in [0.25, 0.3) is 5.52 Å². The van der Waals surface area contributed by atoms with Crippen LogP contribution in [0.4, 0.5) is 4.39 Å². The molecule has 0 bridgehead atoms. The van der Waals surface area contributed by atoms with E-state index in [1.165, 1.54) is 13.2 Å². The first-order valence-electron chi connectivity index (χ1n) is 11.6. The van der Waals surface area contributed by atoms with Gasteiger partial charge in [0.25, 0.3) is 0 Å². The van der Waals surface area contributed by atoms with Crippen molar-refractivity contribution in [2.45, 2.75) is 44.4 Å². The lowest BCUT2D eigenvalue weighted by Crippen LogP contribution is -2.39. The lowest BCUT2D eigenvalue weighted by Gasteiger charge is -2.03. The molecule has 1 N–H and O–H groups in total. The van der Waals surface area contributed by atoms with Gasteiger partial charge in [0.15, 0.2) is 11.4 Å². The average Bonchev–Trinajstić information content (AvgIpc) is 3.29. The molecular weight excluding hydrogens is 487 g/mol. The van der Waals surface area contributed by atoms with Crippen molar-refractivity contribution in [2.75, 3.05) is 7.11 Å². The number of pyridine rings is 2. The van der Waals surface area contributed by atoms with Gasteiger partial charge in [0.2, 0.25) is 6.04 Å². The van der Waals surface area contributed by atoms with Crippen molar-refractivity contribution in [1.29, 1.82) is 0 Å². The van der Waals surface area contributed by atoms with Gasteiger partial charge >= 0.3 is 11.5 Å². The van der Waals surface area contributed by atoms with Crippen molar-refractivity contribution in [3.63, 3.8) is 0 Å². The molecule has 0 amide bonds. The molecule has 1 fully saturated rings. The van der Waals surface area contributed by atoms with E-state index in [0.29, 0.717) is 47.8 Å². The Morgan fingerprint density at radius 3 is 3.03 bits per heavy atom. The summed E-state index contributed by atoms with van der Waals surface area (Å²) in [6, 6.07) is 3.20. The molecule has 1 atom stereocenters. The van der Waals surface area contributed by atoms with E-state index in [2.05, 4.69) is 26.8 Å². The summed E-state index contributed by atoms with van der Waals surface area (Å²) in [5, 5.41) is 11.7. The van der Waals surface area contributed by atoms with Crippen LogP contribution in [0.3, 0.4) is 0 Å². The van der Waals surface area contributed by atoms with Gasteiger partial charge in [-0.3, -0.25) is 0 Å². The van der Waals surface area contributed by atoms with Gasteiger partial charge in [0.05, 0.1) is 42.6 Å². The lowest BCUT2D eigenvalue weighted by atomic mass is 10.1. The summed E-state index contributed by atoms with van der Waals surface area (Å²) in [5.41, 5.74) is 3.85. The first-order chi connectivity index (χ1) is 17.5. The minimum Gasteiger partial charge on any atom is -0.465 e. The molecule has 6 rings (SSSR count). The quantitative estimate of drug-likeness (QED) is 0.286. The first kappa shape index (κ1) is 22.7. The number of carbonyl (C=O) groups excluding carboxylic acids is 1. The standard InChI is InChI=1S/C24H23ClFN8O2/c1-36-24(35)18-6-15(14-2-3-14)9-33-10-17(29-23(18)33)12-34-11-16(30-31-34)7-27-8-20-22-21(26)19(25)4-5-32(22)13-28-20/h4-6,9-11,13-14,17,27H,2-3,7-8,12H2,1H3/q+1. The molecule has 4 aromatic heterocycles. The van der Waals surface area contributed by atoms with Gasteiger partial charge in [0.1, 0.15) is 11.7 Å². The van der Waals surface area contributed by atoms with Crippen LogP contribution in [-0.2, 0) is 24.4 Å². The molecule has 12 heteroatoms. The highest BCUT2D eigenvalue weighted by Crippen LogP contribution is 2.39. The summed E-state index contributed by atoms with van der Waals surface area (Å²) in [5.74, 6) is -0.382. The van der Waals surface area contributed by atoms with Crippen molar-refractivity contribution in [1.82, 2.24) is 29.7 Å². The number of nitrogens with zero attached hydrogens (tertiary/aromatic N) is 7. The van der Waals surface area contributed by atoms with Gasteiger partial charge < -0.3 is 14.5 Å². The number of nitrogens with one attached hydrogen (secondary N) is 1. The zero-order chi connectivity index (χ0) is 24.8. The minimum absolute atomic E-state index is 0.0594. The second kappa shape index (κ2) is 9.07. The molecule has 1 aliphatic carbocycles. The number of ether oxygens (including phenoxy) is 1. The van der Waals surface area contributed by atoms with E-state index < -0.39 is 5.82 Å². The number of hydrogen-bond donors (Lipinski definition) is 1. The Kier molecular flexibility index (Phi) is 5.73. The van der Waals surface area contributed by atoms with Crippen molar-refractivity contribution < 1.29 is 18.2 Å². The summed E-state index contributed by atoms with van der Waals surface area (Å²) in [6.45, 7) is 1.25. The normalized spacial score (nSPS) is 16.6. The summed E-state index contributed by atoms with van der Waals surface area (Å²) < 4.78 is 24.6. The summed E-state index contributed by atoms with van der Waals surface area (Å²) in [6.07, 6.45) is 11.4. The van der Waals surface area contributed by atoms with Gasteiger partial charge in [-0.2, -0.15) is 0 Å². The van der Waals surface area contributed by atoms with Crippen LogP contribution < -0.4 is 15.0 Å². The van der Waals surface area contributed by atoms with Gasteiger partial charge in [-0.1, -0.05) is 21.8 Å². The van der Waals surface area contributed by atoms with E-state index in [1.54, 1.807) is 21.6 Å². The molecule has 5 heterocycles. The number of rotatable bonds is 8. The Bertz CT molecular complexity index is 1610. The fourth-order valence-corrected chi connectivity index (χ4v) is 4.61. The summed E-state index contributed by atoms with van der Waals surface area (Å²) in [7, 11) is 1.38. The third-order valence-electron chi connectivity index (χ3n) is 6.39. The Balaban J connectivity index is 1.13. The average molecular weight is 510 g/mol. The topological polar surface area (TPSA) is 105 Å². The van der Waals surface area contributed by atoms with Crippen LogP contribution in [0.15, 0.2) is 42.0 Å². The predicted molar refractivity (Wildman–Crippen MR) is 125 cm³/mol. The maximum Gasteiger partial charge on any atom is 0.346 e. The van der Waals surface area contributed by atoms with Gasteiger partial charge in [-0.25, -0.2) is 23.1 Å². The van der Waals surface area contributed by atoms with Crippen LogP contribution in [0.2, 0.25) is 5.02 Å². The minimum atomic E-state index is -0.491. The molecule has 184 valence electrons. The maximum absolute atomic E-state index is 14.4. The number of aromatic nitrogens is 6. The molecule has 2 aliphatic rings. The second-order valence-corrected chi connectivity index (χ2v) is 9.40. The van der Waals surface area contributed by atoms with Gasteiger partial charge in [-0.05, 0) is 36.5 Å². The SMILES string of the molecule is COC(=O)c1cc(C2CC2)c[n+]2c1=NC(Cn1cc(CNCc3ncn4ccc(Cl)c(F)c34)nn1)C=2. The Morgan fingerprint density at radius 1 is 1.36 bits per heavy atom. The molecule has 1 unspecified atom stereocenters. The van der Waals surface area contributed by atoms with E-state index in [4.69, 9.17) is 21.3 Å². The molecule has 1 saturated carbocycles. The molecule has 0 aromatic carbocycles. The first-order valence-corrected chi connectivity index (χ1v) is 12.0. The van der Waals surface area contributed by atoms with Gasteiger partial charge in [0, 0.05) is 25.5 Å². The predicted octanol–water partition coefficient (Wildman–Crippen LogP) is 1.67. The largest absolute Gasteiger partial charge is 0.465 e. The summed E-state index contributed by atoms with van der Waals surface area (Å²) >= 11 is 5.91. The molecule has 36 heavy (non-hydrogen) atoms. The number of hydrogen-bond acceptors (Lipinski definition) is 7. The van der Waals surface area contributed by atoms with E-state index >= 15 is 0 Å². The number of halogens is 2. The molecule has 0 saturated heterocycles. The summed E-state index contributed by atoms with van der Waals surface area (Å²) in [4.78, 5) is 21.4. The molecule has 1 aliphatic heterocycles. The molecular formula is C24H23ClFN8O2+. The highest BCUT2D eigenvalue weighted by atomic mass is 35.5. The van der Waals surface area contributed by atoms with Crippen molar-refractivity contribution >= 4 is 23.1 Å². The van der Waals surface area contributed by atoms with Crippen LogP contribution in [0.1, 0.15) is 46.1 Å². The third-order valence-corrected chi connectivity index (χ3v) is 6.68. The molecule has 0 radical (unpaired) electrons. The lowest BCUT2D eigenvalue weighted by molar-refractivity contribution is -0.523. The molecule has 10 nitrogen and oxygen atoms in total. The van der Waals surface area contributed by atoms with E-state index in [1.807, 2.05) is 22.7 Å². The number of esters is 1. The maximum atomic E-state index is 14.4. The second-order valence-electron chi connectivity index (χ2n) is 8.99. The van der Waals surface area contributed by atoms with Crippen molar-refractivity contribution in [2.24, 2.45) is 4.99 Å². The highest BCUT2D eigenvalue weighted by Gasteiger charge is 2.31. The smallest absolute Gasteiger partial charge is 0.346 e.